The van der Waals surface area contributed by atoms with Gasteiger partial charge < -0.3 is 10.0 Å². The first kappa shape index (κ1) is 13.1. The molecule has 0 radical (unpaired) electrons. The molecule has 1 N–H and O–H groups in total. The van der Waals surface area contributed by atoms with E-state index in [0.717, 1.165) is 10.9 Å². The van der Waals surface area contributed by atoms with Gasteiger partial charge in [-0.3, -0.25) is 4.79 Å². The molecule has 4 heteroatoms. The Morgan fingerprint density at radius 3 is 2.65 bits per heavy atom. The van der Waals surface area contributed by atoms with Crippen LogP contribution in [0.3, 0.4) is 0 Å². The highest BCUT2D eigenvalue weighted by Gasteiger charge is 2.46. The fourth-order valence-electron chi connectivity index (χ4n) is 2.47. The Balaban J connectivity index is 1.80. The highest BCUT2D eigenvalue weighted by Crippen LogP contribution is 2.29. The Morgan fingerprint density at radius 2 is 1.95 bits per heavy atom. The number of carbonyl (C=O) groups is 1. The summed E-state index contributed by atoms with van der Waals surface area (Å²) < 4.78 is 0. The lowest BCUT2D eigenvalue weighted by molar-refractivity contribution is -0.111. The lowest BCUT2D eigenvalue weighted by Gasteiger charge is -2.48. The van der Waals surface area contributed by atoms with E-state index in [4.69, 9.17) is 0 Å². The van der Waals surface area contributed by atoms with Crippen LogP contribution in [0.25, 0.3) is 10.9 Å². The normalized spacial score (nSPS) is 17.3. The van der Waals surface area contributed by atoms with Crippen molar-refractivity contribution in [2.24, 2.45) is 5.92 Å². The number of aliphatic hydroxyl groups is 1. The summed E-state index contributed by atoms with van der Waals surface area (Å²) in [6, 6.07) is 11.4. The number of benzene rings is 1. The van der Waals surface area contributed by atoms with Crippen LogP contribution in [0, 0.1) is 5.92 Å². The lowest BCUT2D eigenvalue weighted by Crippen LogP contribution is -2.66. The quantitative estimate of drug-likeness (QED) is 0.909. The number of pyridine rings is 1. The summed E-state index contributed by atoms with van der Waals surface area (Å²) in [6.45, 7) is 4.71. The van der Waals surface area contributed by atoms with Crippen LogP contribution in [0.15, 0.2) is 36.4 Å². The molecule has 0 aliphatic carbocycles. The average molecular weight is 270 g/mol. The zero-order valence-corrected chi connectivity index (χ0v) is 11.7. The molecule has 4 nitrogen and oxygen atoms in total. The summed E-state index contributed by atoms with van der Waals surface area (Å²) in [5.41, 5.74) is 0.513. The minimum Gasteiger partial charge on any atom is -0.386 e. The van der Waals surface area contributed by atoms with Gasteiger partial charge in [-0.25, -0.2) is 4.98 Å². The number of para-hydroxylation sites is 1. The number of carbonyl (C=O) groups excluding carboxylic acids is 1. The Morgan fingerprint density at radius 1 is 1.25 bits per heavy atom. The Hall–Kier alpha value is -1.94. The number of amides is 1. The van der Waals surface area contributed by atoms with Crippen molar-refractivity contribution >= 4 is 16.8 Å². The van der Waals surface area contributed by atoms with Crippen LogP contribution in [-0.2, 0) is 0 Å². The van der Waals surface area contributed by atoms with Crippen LogP contribution in [-0.4, -0.2) is 39.6 Å². The molecular formula is C16H18N2O2. The van der Waals surface area contributed by atoms with Crippen LogP contribution >= 0.6 is 0 Å². The first-order valence-electron chi connectivity index (χ1n) is 6.87. The summed E-state index contributed by atoms with van der Waals surface area (Å²) in [7, 11) is 0. The van der Waals surface area contributed by atoms with E-state index in [1.807, 2.05) is 44.2 Å². The predicted octanol–water partition coefficient (Wildman–Crippen LogP) is 2.08. The molecule has 1 aliphatic heterocycles. The third-order valence-corrected chi connectivity index (χ3v) is 4.11. The maximum Gasteiger partial charge on any atom is 0.272 e. The van der Waals surface area contributed by atoms with Crippen LogP contribution in [0.2, 0.25) is 0 Å². The molecule has 0 bridgehead atoms. The largest absolute Gasteiger partial charge is 0.386 e. The minimum atomic E-state index is -0.744. The molecule has 0 spiro atoms. The van der Waals surface area contributed by atoms with Gasteiger partial charge in [-0.1, -0.05) is 38.1 Å². The molecule has 0 unspecified atom stereocenters. The second kappa shape index (κ2) is 4.56. The zero-order valence-electron chi connectivity index (χ0n) is 11.7. The third-order valence-electron chi connectivity index (χ3n) is 4.11. The number of likely N-dealkylation sites (tertiary alicyclic amines) is 1. The number of hydrogen-bond donors (Lipinski definition) is 1. The average Bonchev–Trinajstić information content (AvgIpc) is 2.42. The maximum atomic E-state index is 12.3. The van der Waals surface area contributed by atoms with Gasteiger partial charge in [-0.2, -0.15) is 0 Å². The second-order valence-electron chi connectivity index (χ2n) is 5.81. The van der Waals surface area contributed by atoms with E-state index >= 15 is 0 Å². The Labute approximate surface area is 118 Å². The summed E-state index contributed by atoms with van der Waals surface area (Å²) >= 11 is 0. The van der Waals surface area contributed by atoms with E-state index in [1.165, 1.54) is 0 Å². The first-order valence-corrected chi connectivity index (χ1v) is 6.87. The number of fused-ring (bicyclic) bond motifs is 1. The monoisotopic (exact) mass is 270 g/mol. The fourth-order valence-corrected chi connectivity index (χ4v) is 2.47. The number of aromatic nitrogens is 1. The minimum absolute atomic E-state index is 0.110. The number of nitrogens with zero attached hydrogens (tertiary/aromatic N) is 2. The molecule has 0 saturated carbocycles. The highest BCUT2D eigenvalue weighted by atomic mass is 16.3. The predicted molar refractivity (Wildman–Crippen MR) is 77.4 cm³/mol. The van der Waals surface area contributed by atoms with Crippen molar-refractivity contribution < 1.29 is 9.90 Å². The van der Waals surface area contributed by atoms with E-state index in [9.17, 15) is 9.90 Å². The van der Waals surface area contributed by atoms with Gasteiger partial charge in [0.2, 0.25) is 0 Å². The molecule has 2 aromatic rings. The molecule has 2 heterocycles. The molecule has 1 aliphatic rings. The number of hydrogen-bond acceptors (Lipinski definition) is 3. The van der Waals surface area contributed by atoms with Crippen molar-refractivity contribution in [3.05, 3.63) is 42.1 Å². The highest BCUT2D eigenvalue weighted by molar-refractivity contribution is 5.95. The van der Waals surface area contributed by atoms with Crippen LogP contribution in [0.5, 0.6) is 0 Å². The first-order chi connectivity index (χ1) is 9.49. The van der Waals surface area contributed by atoms with E-state index in [-0.39, 0.29) is 11.8 Å². The van der Waals surface area contributed by atoms with Crippen molar-refractivity contribution in [3.63, 3.8) is 0 Å². The van der Waals surface area contributed by atoms with Crippen molar-refractivity contribution in [2.75, 3.05) is 13.1 Å². The lowest BCUT2D eigenvalue weighted by atomic mass is 9.83. The summed E-state index contributed by atoms with van der Waals surface area (Å²) in [5, 5.41) is 11.2. The topological polar surface area (TPSA) is 53.4 Å². The number of rotatable bonds is 2. The van der Waals surface area contributed by atoms with Crippen molar-refractivity contribution in [1.82, 2.24) is 9.88 Å². The Bertz CT molecular complexity index is 660. The molecule has 1 saturated heterocycles. The van der Waals surface area contributed by atoms with Gasteiger partial charge in [0, 0.05) is 5.39 Å². The van der Waals surface area contributed by atoms with Gasteiger partial charge in [0.15, 0.2) is 0 Å². The van der Waals surface area contributed by atoms with Crippen molar-refractivity contribution in [1.29, 1.82) is 0 Å². The molecule has 1 aromatic heterocycles. The van der Waals surface area contributed by atoms with E-state index in [0.29, 0.717) is 18.8 Å². The smallest absolute Gasteiger partial charge is 0.272 e. The molecule has 1 aromatic carbocycles. The summed E-state index contributed by atoms with van der Waals surface area (Å²) in [6.07, 6.45) is 0. The van der Waals surface area contributed by atoms with Gasteiger partial charge >= 0.3 is 0 Å². The van der Waals surface area contributed by atoms with Crippen LogP contribution < -0.4 is 0 Å². The van der Waals surface area contributed by atoms with Gasteiger partial charge in [0.1, 0.15) is 11.3 Å². The zero-order chi connectivity index (χ0) is 14.3. The second-order valence-corrected chi connectivity index (χ2v) is 5.81. The van der Waals surface area contributed by atoms with Crippen LogP contribution in [0.4, 0.5) is 0 Å². The third kappa shape index (κ3) is 2.06. The van der Waals surface area contributed by atoms with Crippen molar-refractivity contribution in [2.45, 2.75) is 19.4 Å². The molecule has 0 atom stereocenters. The number of β-amino-alcohol motifs (C(OH)–C–C–N with tert-alkyl or cyclic N) is 1. The van der Waals surface area contributed by atoms with E-state index in [1.54, 1.807) is 11.0 Å². The summed E-state index contributed by atoms with van der Waals surface area (Å²) in [5.74, 6) is 0.0391. The van der Waals surface area contributed by atoms with Crippen LogP contribution in [0.1, 0.15) is 24.3 Å². The molecule has 1 fully saturated rings. The molecular weight excluding hydrogens is 252 g/mol. The van der Waals surface area contributed by atoms with Gasteiger partial charge in [-0.15, -0.1) is 0 Å². The van der Waals surface area contributed by atoms with Crippen molar-refractivity contribution in [3.8, 4) is 0 Å². The SMILES string of the molecule is CC(C)C1(O)CN(C(=O)c2ccc3ccccc3n2)C1. The van der Waals surface area contributed by atoms with E-state index in [2.05, 4.69) is 4.98 Å². The summed E-state index contributed by atoms with van der Waals surface area (Å²) in [4.78, 5) is 18.4. The van der Waals surface area contributed by atoms with E-state index < -0.39 is 5.60 Å². The molecule has 3 rings (SSSR count). The maximum absolute atomic E-state index is 12.3. The van der Waals surface area contributed by atoms with Gasteiger partial charge in [0.05, 0.1) is 18.6 Å². The molecule has 20 heavy (non-hydrogen) atoms. The fraction of sp³-hybridized carbons (Fsp3) is 0.375. The Kier molecular flexibility index (Phi) is 2.98. The van der Waals surface area contributed by atoms with Gasteiger partial charge in [0.25, 0.3) is 5.91 Å². The molecule has 1 amide bonds. The standard InChI is InChI=1S/C16H18N2O2/c1-11(2)16(20)9-18(10-16)15(19)14-8-7-12-5-3-4-6-13(12)17-14/h3-8,11,20H,9-10H2,1-2H3. The van der Waals surface area contributed by atoms with Gasteiger partial charge in [-0.05, 0) is 18.1 Å². The molecule has 104 valence electrons.